The second kappa shape index (κ2) is 6.15. The number of ether oxygens (including phenoxy) is 2. The minimum absolute atomic E-state index is 0.151. The van der Waals surface area contributed by atoms with Crippen molar-refractivity contribution in [3.63, 3.8) is 0 Å². The second-order valence-corrected chi connectivity index (χ2v) is 5.30. The standard InChI is InChI=1S/C15H10BrFN2O3/c16-11-5-9(1-3-12(11)17)7-18-19-15(20)10-2-4-13-14(6-10)22-8-21-13/h1-7H,8H2,(H,19,20)/b18-7+. The second-order valence-electron chi connectivity index (χ2n) is 4.44. The molecule has 1 N–H and O–H groups in total. The van der Waals surface area contributed by atoms with Gasteiger partial charge in [0.05, 0.1) is 10.7 Å². The molecule has 22 heavy (non-hydrogen) atoms. The van der Waals surface area contributed by atoms with Crippen LogP contribution in [0.2, 0.25) is 0 Å². The topological polar surface area (TPSA) is 59.9 Å². The molecule has 0 aromatic heterocycles. The molecule has 0 spiro atoms. The zero-order valence-corrected chi connectivity index (χ0v) is 12.8. The average Bonchev–Trinajstić information content (AvgIpc) is 2.98. The van der Waals surface area contributed by atoms with Crippen molar-refractivity contribution in [3.05, 3.63) is 57.8 Å². The first-order valence-electron chi connectivity index (χ1n) is 6.31. The number of hydrazone groups is 1. The van der Waals surface area contributed by atoms with E-state index in [4.69, 9.17) is 9.47 Å². The number of fused-ring (bicyclic) bond motifs is 1. The van der Waals surface area contributed by atoms with Crippen molar-refractivity contribution in [3.8, 4) is 11.5 Å². The molecule has 0 unspecified atom stereocenters. The third-order valence-electron chi connectivity index (χ3n) is 2.96. The van der Waals surface area contributed by atoms with E-state index in [2.05, 4.69) is 26.5 Å². The highest BCUT2D eigenvalue weighted by molar-refractivity contribution is 9.10. The summed E-state index contributed by atoms with van der Waals surface area (Å²) in [4.78, 5) is 12.0. The van der Waals surface area contributed by atoms with Crippen LogP contribution in [0.25, 0.3) is 0 Å². The van der Waals surface area contributed by atoms with Crippen LogP contribution in [0.4, 0.5) is 4.39 Å². The maximum atomic E-state index is 13.1. The van der Waals surface area contributed by atoms with Crippen LogP contribution in [0.15, 0.2) is 46.0 Å². The Morgan fingerprint density at radius 3 is 2.86 bits per heavy atom. The van der Waals surface area contributed by atoms with Gasteiger partial charge in [-0.3, -0.25) is 4.79 Å². The van der Waals surface area contributed by atoms with E-state index in [1.165, 1.54) is 12.3 Å². The largest absolute Gasteiger partial charge is 0.454 e. The van der Waals surface area contributed by atoms with E-state index in [0.717, 1.165) is 0 Å². The molecule has 1 aliphatic heterocycles. The van der Waals surface area contributed by atoms with Crippen molar-refractivity contribution in [2.24, 2.45) is 5.10 Å². The zero-order valence-electron chi connectivity index (χ0n) is 11.2. The van der Waals surface area contributed by atoms with Crippen molar-refractivity contribution in [2.75, 3.05) is 6.79 Å². The molecular formula is C15H10BrFN2O3. The number of hydrogen-bond donors (Lipinski definition) is 1. The number of nitrogens with one attached hydrogen (secondary N) is 1. The highest BCUT2D eigenvalue weighted by atomic mass is 79.9. The van der Waals surface area contributed by atoms with E-state index in [9.17, 15) is 9.18 Å². The van der Waals surface area contributed by atoms with E-state index < -0.39 is 0 Å². The van der Waals surface area contributed by atoms with Gasteiger partial charge in [-0.05, 0) is 51.8 Å². The Morgan fingerprint density at radius 2 is 2.05 bits per heavy atom. The number of nitrogens with zero attached hydrogens (tertiary/aromatic N) is 1. The molecule has 5 nitrogen and oxygen atoms in total. The summed E-state index contributed by atoms with van der Waals surface area (Å²) in [6.07, 6.45) is 1.43. The molecule has 0 fully saturated rings. The fourth-order valence-corrected chi connectivity index (χ4v) is 2.26. The van der Waals surface area contributed by atoms with Gasteiger partial charge in [0.1, 0.15) is 5.82 Å². The number of hydrogen-bond acceptors (Lipinski definition) is 4. The first-order chi connectivity index (χ1) is 10.6. The number of benzene rings is 2. The first-order valence-corrected chi connectivity index (χ1v) is 7.11. The minimum atomic E-state index is -0.379. The number of carbonyl (C=O) groups is 1. The van der Waals surface area contributed by atoms with Crippen LogP contribution in [-0.2, 0) is 0 Å². The summed E-state index contributed by atoms with van der Waals surface area (Å²) in [5.74, 6) is 0.396. The van der Waals surface area contributed by atoms with Gasteiger partial charge in [0.2, 0.25) is 6.79 Å². The molecule has 2 aromatic carbocycles. The van der Waals surface area contributed by atoms with Gasteiger partial charge in [-0.15, -0.1) is 0 Å². The number of amides is 1. The molecule has 0 saturated heterocycles. The quantitative estimate of drug-likeness (QED) is 0.672. The van der Waals surface area contributed by atoms with Crippen molar-refractivity contribution in [1.82, 2.24) is 5.43 Å². The fraction of sp³-hybridized carbons (Fsp3) is 0.0667. The van der Waals surface area contributed by atoms with Crippen LogP contribution in [0.3, 0.4) is 0 Å². The average molecular weight is 365 g/mol. The summed E-state index contributed by atoms with van der Waals surface area (Å²) in [7, 11) is 0. The molecular weight excluding hydrogens is 355 g/mol. The van der Waals surface area contributed by atoms with Gasteiger partial charge in [-0.1, -0.05) is 6.07 Å². The van der Waals surface area contributed by atoms with Gasteiger partial charge in [0.25, 0.3) is 5.91 Å². The lowest BCUT2D eigenvalue weighted by Crippen LogP contribution is -2.17. The van der Waals surface area contributed by atoms with Gasteiger partial charge in [0, 0.05) is 5.56 Å². The number of rotatable bonds is 3. The summed E-state index contributed by atoms with van der Waals surface area (Å²) >= 11 is 3.08. The predicted molar refractivity (Wildman–Crippen MR) is 81.7 cm³/mol. The van der Waals surface area contributed by atoms with E-state index >= 15 is 0 Å². The summed E-state index contributed by atoms with van der Waals surface area (Å²) in [5.41, 5.74) is 3.45. The summed E-state index contributed by atoms with van der Waals surface area (Å²) in [5, 5.41) is 3.84. The summed E-state index contributed by atoms with van der Waals surface area (Å²) in [6.45, 7) is 0.151. The normalized spacial score (nSPS) is 12.6. The Labute approximate surface area is 133 Å². The third kappa shape index (κ3) is 3.09. The lowest BCUT2D eigenvalue weighted by Gasteiger charge is -2.02. The maximum absolute atomic E-state index is 13.1. The van der Waals surface area contributed by atoms with E-state index in [-0.39, 0.29) is 18.5 Å². The van der Waals surface area contributed by atoms with Crippen molar-refractivity contribution in [2.45, 2.75) is 0 Å². The molecule has 0 aliphatic carbocycles. The van der Waals surface area contributed by atoms with Crippen molar-refractivity contribution < 1.29 is 18.7 Å². The van der Waals surface area contributed by atoms with Crippen LogP contribution in [0.1, 0.15) is 15.9 Å². The molecule has 3 rings (SSSR count). The summed E-state index contributed by atoms with van der Waals surface area (Å²) in [6, 6.07) is 9.29. The zero-order chi connectivity index (χ0) is 15.5. The van der Waals surface area contributed by atoms with Gasteiger partial charge >= 0.3 is 0 Å². The first kappa shape index (κ1) is 14.5. The third-order valence-corrected chi connectivity index (χ3v) is 3.57. The van der Waals surface area contributed by atoms with Crippen LogP contribution in [0.5, 0.6) is 11.5 Å². The SMILES string of the molecule is O=C(N/N=C/c1ccc(F)c(Br)c1)c1ccc2c(c1)OCO2. The van der Waals surface area contributed by atoms with Gasteiger partial charge in [0.15, 0.2) is 11.5 Å². The van der Waals surface area contributed by atoms with E-state index in [1.807, 2.05) is 0 Å². The lowest BCUT2D eigenvalue weighted by molar-refractivity contribution is 0.0954. The van der Waals surface area contributed by atoms with Crippen molar-refractivity contribution >= 4 is 28.1 Å². The molecule has 0 radical (unpaired) electrons. The van der Waals surface area contributed by atoms with Crippen LogP contribution in [-0.4, -0.2) is 18.9 Å². The van der Waals surface area contributed by atoms with Crippen LogP contribution >= 0.6 is 15.9 Å². The molecule has 0 saturated carbocycles. The Morgan fingerprint density at radius 1 is 1.23 bits per heavy atom. The molecule has 7 heteroatoms. The molecule has 0 atom stereocenters. The highest BCUT2D eigenvalue weighted by Gasteiger charge is 2.15. The Kier molecular flexibility index (Phi) is 4.06. The number of carbonyl (C=O) groups excluding carboxylic acids is 1. The van der Waals surface area contributed by atoms with Crippen LogP contribution < -0.4 is 14.9 Å². The molecule has 112 valence electrons. The molecule has 0 bridgehead atoms. The van der Waals surface area contributed by atoms with E-state index in [1.54, 1.807) is 30.3 Å². The smallest absolute Gasteiger partial charge is 0.271 e. The highest BCUT2D eigenvalue weighted by Crippen LogP contribution is 2.32. The predicted octanol–water partition coefficient (Wildman–Crippen LogP) is 3.08. The summed E-state index contributed by atoms with van der Waals surface area (Å²) < 4.78 is 23.8. The van der Waals surface area contributed by atoms with Gasteiger partial charge < -0.3 is 9.47 Å². The lowest BCUT2D eigenvalue weighted by atomic mass is 10.2. The Hall–Kier alpha value is -2.41. The fourth-order valence-electron chi connectivity index (χ4n) is 1.86. The minimum Gasteiger partial charge on any atom is -0.454 e. The molecule has 1 heterocycles. The Bertz CT molecular complexity index is 764. The van der Waals surface area contributed by atoms with Crippen molar-refractivity contribution in [1.29, 1.82) is 0 Å². The Balaban J connectivity index is 1.66. The maximum Gasteiger partial charge on any atom is 0.271 e. The molecule has 1 aliphatic rings. The van der Waals surface area contributed by atoms with Gasteiger partial charge in [-0.25, -0.2) is 9.82 Å². The van der Waals surface area contributed by atoms with Crippen LogP contribution in [0, 0.1) is 5.82 Å². The monoisotopic (exact) mass is 364 g/mol. The number of halogens is 2. The molecule has 2 aromatic rings. The van der Waals surface area contributed by atoms with Gasteiger partial charge in [-0.2, -0.15) is 5.10 Å². The van der Waals surface area contributed by atoms with E-state index in [0.29, 0.717) is 27.1 Å². The molecule has 1 amide bonds.